The molecule has 1 aliphatic heterocycles. The van der Waals surface area contributed by atoms with Crippen molar-refractivity contribution in [2.45, 2.75) is 6.42 Å². The Morgan fingerprint density at radius 1 is 1.25 bits per heavy atom. The Balaban J connectivity index is 1.75. The number of rotatable bonds is 6. The van der Waals surface area contributed by atoms with Crippen LogP contribution in [-0.2, 0) is 14.3 Å². The van der Waals surface area contributed by atoms with Crippen molar-refractivity contribution in [1.82, 2.24) is 4.90 Å². The first-order chi connectivity index (χ1) is 13.4. The van der Waals surface area contributed by atoms with Crippen molar-refractivity contribution in [3.05, 3.63) is 52.6 Å². The van der Waals surface area contributed by atoms with Gasteiger partial charge < -0.3 is 14.3 Å². The standard InChI is InChI=1S/C19H15NO6S2/c1-25-18(24)12-4-2-11(3-5-12)14-7-6-13(26-14)10-15-17(23)20(19(27)28-15)9-8-16(21)22/h2-7,10H,8-9H2,1H3,(H,21,22)/b15-10-. The molecule has 2 aromatic rings. The summed E-state index contributed by atoms with van der Waals surface area (Å²) in [6.07, 6.45) is 1.40. The number of furan rings is 1. The minimum absolute atomic E-state index is 0.0350. The zero-order valence-electron chi connectivity index (χ0n) is 14.7. The van der Waals surface area contributed by atoms with Gasteiger partial charge in [0.05, 0.1) is 24.0 Å². The molecule has 2 heterocycles. The molecule has 0 unspecified atom stereocenters. The average molecular weight is 417 g/mol. The van der Waals surface area contributed by atoms with Crippen LogP contribution in [0.15, 0.2) is 45.7 Å². The van der Waals surface area contributed by atoms with E-state index in [4.69, 9.17) is 21.7 Å². The van der Waals surface area contributed by atoms with E-state index in [1.54, 1.807) is 42.5 Å². The van der Waals surface area contributed by atoms with E-state index in [9.17, 15) is 14.4 Å². The maximum absolute atomic E-state index is 12.4. The maximum Gasteiger partial charge on any atom is 0.337 e. The van der Waals surface area contributed by atoms with Gasteiger partial charge in [0.15, 0.2) is 0 Å². The zero-order valence-corrected chi connectivity index (χ0v) is 16.3. The predicted octanol–water partition coefficient (Wildman–Crippen LogP) is 3.41. The van der Waals surface area contributed by atoms with E-state index in [2.05, 4.69) is 4.74 Å². The van der Waals surface area contributed by atoms with Gasteiger partial charge in [-0.3, -0.25) is 14.5 Å². The number of carboxylic acids is 1. The van der Waals surface area contributed by atoms with Crippen LogP contribution in [0.3, 0.4) is 0 Å². The van der Waals surface area contributed by atoms with Crippen LogP contribution in [0.4, 0.5) is 0 Å². The van der Waals surface area contributed by atoms with Crippen LogP contribution in [0.5, 0.6) is 0 Å². The Bertz CT molecular complexity index is 977. The van der Waals surface area contributed by atoms with Crippen LogP contribution in [-0.4, -0.2) is 45.8 Å². The van der Waals surface area contributed by atoms with E-state index in [1.165, 1.54) is 12.0 Å². The van der Waals surface area contributed by atoms with Gasteiger partial charge >= 0.3 is 11.9 Å². The Labute approximate surface area is 170 Å². The number of aliphatic carboxylic acids is 1. The lowest BCUT2D eigenvalue weighted by Crippen LogP contribution is -2.30. The average Bonchev–Trinajstić information content (AvgIpc) is 3.25. The third-order valence-electron chi connectivity index (χ3n) is 3.91. The van der Waals surface area contributed by atoms with E-state index < -0.39 is 11.9 Å². The number of benzene rings is 1. The normalized spacial score (nSPS) is 15.3. The molecule has 144 valence electrons. The number of carbonyl (C=O) groups excluding carboxylic acids is 2. The lowest BCUT2D eigenvalue weighted by Gasteiger charge is -2.12. The Morgan fingerprint density at radius 2 is 1.96 bits per heavy atom. The summed E-state index contributed by atoms with van der Waals surface area (Å²) in [6, 6.07) is 10.2. The molecule has 0 saturated carbocycles. The highest BCUT2D eigenvalue weighted by Gasteiger charge is 2.32. The number of methoxy groups -OCH3 is 1. The van der Waals surface area contributed by atoms with Gasteiger partial charge in [0, 0.05) is 18.2 Å². The molecule has 1 fully saturated rings. The molecule has 0 spiro atoms. The smallest absolute Gasteiger partial charge is 0.337 e. The first kappa shape index (κ1) is 19.8. The molecule has 7 nitrogen and oxygen atoms in total. The molecule has 0 atom stereocenters. The molecule has 3 rings (SSSR count). The highest BCUT2D eigenvalue weighted by Crippen LogP contribution is 2.33. The Morgan fingerprint density at radius 3 is 2.61 bits per heavy atom. The highest BCUT2D eigenvalue weighted by atomic mass is 32.2. The fourth-order valence-corrected chi connectivity index (χ4v) is 3.79. The monoisotopic (exact) mass is 417 g/mol. The van der Waals surface area contributed by atoms with E-state index in [1.807, 2.05) is 0 Å². The van der Waals surface area contributed by atoms with Crippen molar-refractivity contribution in [2.75, 3.05) is 13.7 Å². The highest BCUT2D eigenvalue weighted by molar-refractivity contribution is 8.26. The molecule has 1 amide bonds. The van der Waals surface area contributed by atoms with Crippen LogP contribution in [0.1, 0.15) is 22.5 Å². The van der Waals surface area contributed by atoms with Crippen molar-refractivity contribution in [1.29, 1.82) is 0 Å². The van der Waals surface area contributed by atoms with Gasteiger partial charge in [-0.15, -0.1) is 0 Å². The minimum atomic E-state index is -0.994. The number of carboxylic acid groups (broad SMARTS) is 1. The second kappa shape index (κ2) is 8.41. The van der Waals surface area contributed by atoms with E-state index in [0.717, 1.165) is 17.3 Å². The number of carbonyl (C=O) groups is 3. The fraction of sp³-hybridized carbons (Fsp3) is 0.158. The summed E-state index contributed by atoms with van der Waals surface area (Å²) >= 11 is 6.26. The number of esters is 1. The number of hydrogen-bond donors (Lipinski definition) is 1. The lowest BCUT2D eigenvalue weighted by atomic mass is 10.1. The number of thioether (sulfide) groups is 1. The summed E-state index contributed by atoms with van der Waals surface area (Å²) in [5, 5.41) is 8.78. The lowest BCUT2D eigenvalue weighted by molar-refractivity contribution is -0.137. The van der Waals surface area contributed by atoms with Crippen LogP contribution in [0.2, 0.25) is 0 Å². The maximum atomic E-state index is 12.4. The summed E-state index contributed by atoms with van der Waals surface area (Å²) < 4.78 is 10.7. The molecule has 0 aliphatic carbocycles. The van der Waals surface area contributed by atoms with Crippen molar-refractivity contribution in [3.63, 3.8) is 0 Å². The van der Waals surface area contributed by atoms with Gasteiger partial charge in [0.1, 0.15) is 15.8 Å². The summed E-state index contributed by atoms with van der Waals surface area (Å²) in [4.78, 5) is 36.3. The van der Waals surface area contributed by atoms with Crippen molar-refractivity contribution < 1.29 is 28.6 Å². The van der Waals surface area contributed by atoms with E-state index >= 15 is 0 Å². The Hall–Kier alpha value is -2.91. The summed E-state index contributed by atoms with van der Waals surface area (Å²) in [5.41, 5.74) is 1.20. The number of thiocarbonyl (C=S) groups is 1. The van der Waals surface area contributed by atoms with Crippen molar-refractivity contribution in [2.24, 2.45) is 0 Å². The van der Waals surface area contributed by atoms with Gasteiger partial charge in [0.2, 0.25) is 0 Å². The number of nitrogens with zero attached hydrogens (tertiary/aromatic N) is 1. The molecule has 1 aromatic heterocycles. The van der Waals surface area contributed by atoms with Gasteiger partial charge in [0.25, 0.3) is 5.91 Å². The molecule has 1 N–H and O–H groups in total. The molecule has 0 radical (unpaired) electrons. The summed E-state index contributed by atoms with van der Waals surface area (Å²) in [6.45, 7) is 0.0350. The van der Waals surface area contributed by atoms with Gasteiger partial charge in [-0.1, -0.05) is 36.1 Å². The topological polar surface area (TPSA) is 97.0 Å². The summed E-state index contributed by atoms with van der Waals surface area (Å²) in [7, 11) is 1.32. The molecule has 1 aromatic carbocycles. The van der Waals surface area contributed by atoms with Crippen molar-refractivity contribution in [3.8, 4) is 11.3 Å². The second-order valence-corrected chi connectivity index (χ2v) is 7.42. The molecule has 1 saturated heterocycles. The molecule has 28 heavy (non-hydrogen) atoms. The molecular weight excluding hydrogens is 402 g/mol. The largest absolute Gasteiger partial charge is 0.481 e. The van der Waals surface area contributed by atoms with Crippen LogP contribution < -0.4 is 0 Å². The van der Waals surface area contributed by atoms with Gasteiger partial charge in [-0.05, 0) is 24.3 Å². The molecule has 9 heteroatoms. The summed E-state index contributed by atoms with van der Waals surface area (Å²) in [5.74, 6) is -0.713. The third kappa shape index (κ3) is 4.32. The Kier molecular flexibility index (Phi) is 5.96. The fourth-order valence-electron chi connectivity index (χ4n) is 2.50. The number of amides is 1. The molecule has 1 aliphatic rings. The molecule has 0 bridgehead atoms. The molecular formula is C19H15NO6S2. The second-order valence-electron chi connectivity index (χ2n) is 5.75. The van der Waals surface area contributed by atoms with Gasteiger partial charge in [-0.25, -0.2) is 4.79 Å². The van der Waals surface area contributed by atoms with Crippen LogP contribution in [0.25, 0.3) is 17.4 Å². The first-order valence-corrected chi connectivity index (χ1v) is 9.37. The van der Waals surface area contributed by atoms with Crippen molar-refractivity contribution >= 4 is 52.2 Å². The number of ether oxygens (including phenoxy) is 1. The quantitative estimate of drug-likeness (QED) is 0.434. The SMILES string of the molecule is COC(=O)c1ccc(-c2ccc(/C=C3\SC(=S)N(CCC(=O)O)C3=O)o2)cc1. The van der Waals surface area contributed by atoms with E-state index in [0.29, 0.717) is 26.3 Å². The number of hydrogen-bond acceptors (Lipinski definition) is 7. The first-order valence-electron chi connectivity index (χ1n) is 8.15. The van der Waals surface area contributed by atoms with E-state index in [-0.39, 0.29) is 18.9 Å². The van der Waals surface area contributed by atoms with Crippen LogP contribution >= 0.6 is 24.0 Å². The minimum Gasteiger partial charge on any atom is -0.481 e. The van der Waals surface area contributed by atoms with Gasteiger partial charge in [-0.2, -0.15) is 0 Å². The predicted molar refractivity (Wildman–Crippen MR) is 108 cm³/mol. The van der Waals surface area contributed by atoms with Crippen LogP contribution in [0, 0.1) is 0 Å². The zero-order chi connectivity index (χ0) is 20.3. The third-order valence-corrected chi connectivity index (χ3v) is 5.29.